The molecule has 1 aromatic rings. The molecular formula is C12H17ClFNO. The van der Waals surface area contributed by atoms with Gasteiger partial charge in [-0.3, -0.25) is 0 Å². The van der Waals surface area contributed by atoms with Crippen LogP contribution in [0.3, 0.4) is 0 Å². The highest BCUT2D eigenvalue weighted by atomic mass is 35.5. The number of halogens is 2. The molecule has 1 atom stereocenters. The maximum Gasteiger partial charge on any atom is 0.124 e. The summed E-state index contributed by atoms with van der Waals surface area (Å²) in [5.74, 6) is 0.144. The molecule has 1 rings (SSSR count). The molecule has 16 heavy (non-hydrogen) atoms. The summed E-state index contributed by atoms with van der Waals surface area (Å²) < 4.78 is 17.8. The van der Waals surface area contributed by atoms with Crippen molar-refractivity contribution >= 4 is 11.6 Å². The molecule has 0 amide bonds. The highest BCUT2D eigenvalue weighted by molar-refractivity contribution is 6.31. The van der Waals surface area contributed by atoms with Gasteiger partial charge in [0.05, 0.1) is 0 Å². The van der Waals surface area contributed by atoms with E-state index in [9.17, 15) is 4.39 Å². The highest BCUT2D eigenvalue weighted by Gasteiger charge is 2.03. The summed E-state index contributed by atoms with van der Waals surface area (Å²) in [7, 11) is 1.69. The van der Waals surface area contributed by atoms with Crippen LogP contribution in [0, 0.1) is 11.7 Å². The zero-order valence-corrected chi connectivity index (χ0v) is 10.4. The minimum Gasteiger partial charge on any atom is -0.384 e. The van der Waals surface area contributed by atoms with E-state index in [0.717, 1.165) is 18.7 Å². The summed E-state index contributed by atoms with van der Waals surface area (Å²) in [4.78, 5) is 0. The summed E-state index contributed by atoms with van der Waals surface area (Å²) in [5.41, 5.74) is 0.910. The maximum atomic E-state index is 12.8. The fourth-order valence-corrected chi connectivity index (χ4v) is 1.70. The van der Waals surface area contributed by atoms with E-state index >= 15 is 0 Å². The van der Waals surface area contributed by atoms with E-state index in [1.165, 1.54) is 12.1 Å². The molecule has 0 heterocycles. The average Bonchev–Trinajstić information content (AvgIpc) is 2.22. The van der Waals surface area contributed by atoms with Gasteiger partial charge in [-0.25, -0.2) is 4.39 Å². The molecule has 4 heteroatoms. The van der Waals surface area contributed by atoms with Crippen LogP contribution in [0.2, 0.25) is 5.02 Å². The predicted octanol–water partition coefficient (Wildman–Crippen LogP) is 2.85. The van der Waals surface area contributed by atoms with E-state index in [1.807, 2.05) is 0 Å². The molecule has 0 spiro atoms. The monoisotopic (exact) mass is 245 g/mol. The minimum atomic E-state index is -0.304. The Balaban J connectivity index is 2.37. The van der Waals surface area contributed by atoms with Crippen LogP contribution in [0.4, 0.5) is 4.39 Å². The zero-order chi connectivity index (χ0) is 12.0. The lowest BCUT2D eigenvalue weighted by Crippen LogP contribution is -2.23. The van der Waals surface area contributed by atoms with Crippen molar-refractivity contribution in [3.05, 3.63) is 34.6 Å². The van der Waals surface area contributed by atoms with Gasteiger partial charge in [0.25, 0.3) is 0 Å². The third-order valence-electron chi connectivity index (χ3n) is 2.27. The molecule has 0 radical (unpaired) electrons. The molecule has 0 aliphatic rings. The second-order valence-corrected chi connectivity index (χ2v) is 4.33. The summed E-state index contributed by atoms with van der Waals surface area (Å²) in [6.45, 7) is 4.32. The van der Waals surface area contributed by atoms with Gasteiger partial charge in [-0.2, -0.15) is 0 Å². The van der Waals surface area contributed by atoms with Crippen molar-refractivity contribution in [2.75, 3.05) is 20.3 Å². The van der Waals surface area contributed by atoms with E-state index in [0.29, 0.717) is 17.5 Å². The molecule has 1 unspecified atom stereocenters. The van der Waals surface area contributed by atoms with E-state index in [2.05, 4.69) is 12.2 Å². The van der Waals surface area contributed by atoms with Gasteiger partial charge < -0.3 is 10.1 Å². The number of ether oxygens (including phenoxy) is 1. The normalized spacial score (nSPS) is 12.8. The van der Waals surface area contributed by atoms with Crippen molar-refractivity contribution in [2.45, 2.75) is 13.5 Å². The fourth-order valence-electron chi connectivity index (χ4n) is 1.46. The number of hydrogen-bond donors (Lipinski definition) is 1. The van der Waals surface area contributed by atoms with Crippen molar-refractivity contribution in [2.24, 2.45) is 5.92 Å². The minimum absolute atomic E-state index is 0.304. The van der Waals surface area contributed by atoms with E-state index in [-0.39, 0.29) is 5.82 Å². The number of hydrogen-bond acceptors (Lipinski definition) is 2. The second-order valence-electron chi connectivity index (χ2n) is 3.93. The first-order valence-corrected chi connectivity index (χ1v) is 5.65. The first kappa shape index (κ1) is 13.4. The van der Waals surface area contributed by atoms with Crippen molar-refractivity contribution in [3.8, 4) is 0 Å². The van der Waals surface area contributed by atoms with E-state index in [1.54, 1.807) is 13.2 Å². The summed E-state index contributed by atoms with van der Waals surface area (Å²) in [5, 5.41) is 3.72. The maximum absolute atomic E-state index is 12.8. The van der Waals surface area contributed by atoms with Crippen molar-refractivity contribution in [1.82, 2.24) is 5.32 Å². The van der Waals surface area contributed by atoms with Crippen molar-refractivity contribution in [3.63, 3.8) is 0 Å². The van der Waals surface area contributed by atoms with Crippen LogP contribution in [0.5, 0.6) is 0 Å². The Bertz CT molecular complexity index is 333. The predicted molar refractivity (Wildman–Crippen MR) is 64.2 cm³/mol. The summed E-state index contributed by atoms with van der Waals surface area (Å²) in [6.07, 6.45) is 0. The molecular weight excluding hydrogens is 229 g/mol. The number of rotatable bonds is 6. The van der Waals surface area contributed by atoms with Crippen LogP contribution in [0.25, 0.3) is 0 Å². The lowest BCUT2D eigenvalue weighted by atomic mass is 10.2. The highest BCUT2D eigenvalue weighted by Crippen LogP contribution is 2.16. The zero-order valence-electron chi connectivity index (χ0n) is 9.59. The van der Waals surface area contributed by atoms with Crippen molar-refractivity contribution in [1.29, 1.82) is 0 Å². The van der Waals surface area contributed by atoms with Gasteiger partial charge in [-0.1, -0.05) is 24.6 Å². The largest absolute Gasteiger partial charge is 0.384 e. The Morgan fingerprint density at radius 3 is 2.88 bits per heavy atom. The molecule has 0 aliphatic carbocycles. The Morgan fingerprint density at radius 1 is 1.50 bits per heavy atom. The van der Waals surface area contributed by atoms with Gasteiger partial charge in [0.1, 0.15) is 5.82 Å². The summed E-state index contributed by atoms with van der Waals surface area (Å²) in [6, 6.07) is 4.45. The van der Waals surface area contributed by atoms with Crippen LogP contribution in [0.1, 0.15) is 12.5 Å². The molecule has 0 saturated carbocycles. The average molecular weight is 246 g/mol. The van der Waals surface area contributed by atoms with Crippen LogP contribution >= 0.6 is 11.6 Å². The smallest absolute Gasteiger partial charge is 0.124 e. The molecule has 2 nitrogen and oxygen atoms in total. The third-order valence-corrected chi connectivity index (χ3v) is 2.63. The standard InChI is InChI=1S/C12H17ClFNO/c1-9(8-16-2)6-15-7-10-3-4-11(14)5-12(10)13/h3-5,9,15H,6-8H2,1-2H3. The molecule has 0 aromatic heterocycles. The van der Waals surface area contributed by atoms with Crippen LogP contribution < -0.4 is 5.32 Å². The molecule has 90 valence electrons. The molecule has 1 aromatic carbocycles. The van der Waals surface area contributed by atoms with Crippen molar-refractivity contribution < 1.29 is 9.13 Å². The molecule has 0 saturated heterocycles. The first-order valence-electron chi connectivity index (χ1n) is 5.27. The second kappa shape index (κ2) is 6.84. The van der Waals surface area contributed by atoms with Crippen LogP contribution in [-0.2, 0) is 11.3 Å². The number of benzene rings is 1. The van der Waals surface area contributed by atoms with Gasteiger partial charge in [0.15, 0.2) is 0 Å². The number of nitrogens with one attached hydrogen (secondary N) is 1. The van der Waals surface area contributed by atoms with Crippen LogP contribution in [0.15, 0.2) is 18.2 Å². The summed E-state index contributed by atoms with van der Waals surface area (Å²) >= 11 is 5.90. The van der Waals surface area contributed by atoms with Gasteiger partial charge >= 0.3 is 0 Å². The Labute approximate surface area is 101 Å². The van der Waals surface area contributed by atoms with Gasteiger partial charge in [-0.05, 0) is 23.6 Å². The van der Waals surface area contributed by atoms with Gasteiger partial charge in [0.2, 0.25) is 0 Å². The molecule has 0 fully saturated rings. The topological polar surface area (TPSA) is 21.3 Å². The third kappa shape index (κ3) is 4.47. The first-order chi connectivity index (χ1) is 7.63. The molecule has 0 bridgehead atoms. The molecule has 0 aliphatic heterocycles. The van der Waals surface area contributed by atoms with Gasteiger partial charge in [0, 0.05) is 31.8 Å². The number of methoxy groups -OCH3 is 1. The Kier molecular flexibility index (Phi) is 5.74. The Hall–Kier alpha value is -0.640. The fraction of sp³-hybridized carbons (Fsp3) is 0.500. The lowest BCUT2D eigenvalue weighted by molar-refractivity contribution is 0.158. The Morgan fingerprint density at radius 2 is 2.25 bits per heavy atom. The SMILES string of the molecule is COCC(C)CNCc1ccc(F)cc1Cl. The molecule has 1 N–H and O–H groups in total. The van der Waals surface area contributed by atoms with Gasteiger partial charge in [-0.15, -0.1) is 0 Å². The lowest BCUT2D eigenvalue weighted by Gasteiger charge is -2.12. The van der Waals surface area contributed by atoms with Crippen LogP contribution in [-0.4, -0.2) is 20.3 Å². The quantitative estimate of drug-likeness (QED) is 0.832. The van der Waals surface area contributed by atoms with E-state index in [4.69, 9.17) is 16.3 Å². The van der Waals surface area contributed by atoms with E-state index < -0.39 is 0 Å².